The molecule has 0 heterocycles. The fourth-order valence-corrected chi connectivity index (χ4v) is 0.725. The summed E-state index contributed by atoms with van der Waals surface area (Å²) in [5.41, 5.74) is 0.490. The first-order valence-corrected chi connectivity index (χ1v) is 4.09. The Morgan fingerprint density at radius 2 is 2.17 bits per heavy atom. The molecule has 0 fully saturated rings. The highest BCUT2D eigenvalue weighted by atomic mass is 35.5. The van der Waals surface area contributed by atoms with Gasteiger partial charge in [-0.25, -0.2) is 0 Å². The van der Waals surface area contributed by atoms with Crippen molar-refractivity contribution in [3.63, 3.8) is 0 Å². The Morgan fingerprint density at radius 3 is 2.50 bits per heavy atom. The van der Waals surface area contributed by atoms with Crippen LogP contribution in [0.3, 0.4) is 0 Å². The van der Waals surface area contributed by atoms with Gasteiger partial charge in [-0.05, 0) is 19.4 Å². The molecule has 0 bridgehead atoms. The molecule has 0 N–H and O–H groups in total. The van der Waals surface area contributed by atoms with Gasteiger partial charge in [0.1, 0.15) is 5.76 Å². The Labute approximate surface area is 77.9 Å². The molecule has 0 aliphatic carbocycles. The number of halogens is 1. The molecular formula is C9H13ClO2. The zero-order valence-corrected chi connectivity index (χ0v) is 8.31. The summed E-state index contributed by atoms with van der Waals surface area (Å²) < 4.78 is 4.89. The lowest BCUT2D eigenvalue weighted by Crippen LogP contribution is -1.90. The summed E-state index contributed by atoms with van der Waals surface area (Å²) in [6, 6.07) is 0. The number of allylic oxidation sites excluding steroid dienone is 4. The van der Waals surface area contributed by atoms with Crippen molar-refractivity contribution < 1.29 is 9.53 Å². The number of ether oxygens (including phenoxy) is 1. The number of rotatable bonds is 4. The lowest BCUT2D eigenvalue weighted by atomic mass is 10.2. The van der Waals surface area contributed by atoms with E-state index >= 15 is 0 Å². The highest BCUT2D eigenvalue weighted by molar-refractivity contribution is 6.29. The highest BCUT2D eigenvalue weighted by Gasteiger charge is 1.98. The van der Waals surface area contributed by atoms with Crippen molar-refractivity contribution in [2.24, 2.45) is 0 Å². The maximum atomic E-state index is 10.5. The van der Waals surface area contributed by atoms with E-state index in [2.05, 4.69) is 0 Å². The van der Waals surface area contributed by atoms with Crippen LogP contribution in [0.2, 0.25) is 0 Å². The summed E-state index contributed by atoms with van der Waals surface area (Å²) in [5, 5.41) is 0.647. The van der Waals surface area contributed by atoms with Gasteiger partial charge in [-0.3, -0.25) is 4.79 Å². The van der Waals surface area contributed by atoms with Crippen LogP contribution in [0.1, 0.15) is 20.3 Å². The van der Waals surface area contributed by atoms with E-state index in [9.17, 15) is 4.79 Å². The van der Waals surface area contributed by atoms with Crippen LogP contribution >= 0.6 is 11.6 Å². The van der Waals surface area contributed by atoms with Gasteiger partial charge in [0.2, 0.25) is 0 Å². The lowest BCUT2D eigenvalue weighted by molar-refractivity contribution is -0.104. The molecule has 2 nitrogen and oxygen atoms in total. The summed E-state index contributed by atoms with van der Waals surface area (Å²) in [4.78, 5) is 10.5. The van der Waals surface area contributed by atoms with Gasteiger partial charge in [0.05, 0.1) is 12.7 Å². The zero-order valence-electron chi connectivity index (χ0n) is 7.56. The molecule has 0 atom stereocenters. The third-order valence-corrected chi connectivity index (χ3v) is 1.87. The Balaban J connectivity index is 4.69. The fraction of sp³-hybridized carbons (Fsp3) is 0.444. The van der Waals surface area contributed by atoms with E-state index in [1.165, 1.54) is 7.11 Å². The molecular weight excluding hydrogens is 176 g/mol. The summed E-state index contributed by atoms with van der Waals surface area (Å²) >= 11 is 5.75. The second-order valence-corrected chi connectivity index (χ2v) is 2.76. The SMILES string of the molecule is CC/C(Cl)=C\C(C=O)=C(/C)OC. The molecule has 12 heavy (non-hydrogen) atoms. The molecule has 0 saturated carbocycles. The minimum Gasteiger partial charge on any atom is -0.501 e. The van der Waals surface area contributed by atoms with Crippen molar-refractivity contribution >= 4 is 17.9 Å². The van der Waals surface area contributed by atoms with Crippen molar-refractivity contribution in [1.29, 1.82) is 0 Å². The lowest BCUT2D eigenvalue weighted by Gasteiger charge is -2.00. The van der Waals surface area contributed by atoms with E-state index in [1.807, 2.05) is 6.92 Å². The number of carbonyl (C=O) groups is 1. The van der Waals surface area contributed by atoms with Gasteiger partial charge in [0.25, 0.3) is 0 Å². The predicted octanol–water partition coefficient (Wildman–Crippen LogP) is 2.64. The summed E-state index contributed by atoms with van der Waals surface area (Å²) in [6.07, 6.45) is 3.07. The van der Waals surface area contributed by atoms with Crippen molar-refractivity contribution in [1.82, 2.24) is 0 Å². The third-order valence-electron chi connectivity index (χ3n) is 1.49. The van der Waals surface area contributed by atoms with Gasteiger partial charge in [0, 0.05) is 5.03 Å². The van der Waals surface area contributed by atoms with Crippen molar-refractivity contribution in [3.05, 3.63) is 22.4 Å². The van der Waals surface area contributed by atoms with Crippen LogP contribution in [-0.2, 0) is 9.53 Å². The molecule has 0 spiro atoms. The van der Waals surface area contributed by atoms with E-state index in [4.69, 9.17) is 16.3 Å². The molecule has 0 aromatic rings. The fourth-order valence-electron chi connectivity index (χ4n) is 0.607. The van der Waals surface area contributed by atoms with Crippen molar-refractivity contribution in [3.8, 4) is 0 Å². The number of carbonyl (C=O) groups excluding carboxylic acids is 1. The first kappa shape index (κ1) is 11.2. The summed E-state index contributed by atoms with van der Waals surface area (Å²) in [6.45, 7) is 3.64. The molecule has 0 radical (unpaired) electrons. The number of hydrogen-bond donors (Lipinski definition) is 0. The number of aldehydes is 1. The maximum absolute atomic E-state index is 10.5. The Kier molecular flexibility index (Phi) is 5.47. The average Bonchev–Trinajstić information content (AvgIpc) is 2.12. The Hall–Kier alpha value is -0.760. The molecule has 0 aliphatic heterocycles. The molecule has 0 amide bonds. The quantitative estimate of drug-likeness (QED) is 0.294. The molecule has 0 aliphatic rings. The van der Waals surface area contributed by atoms with Gasteiger partial charge in [-0.2, -0.15) is 0 Å². The van der Waals surface area contributed by atoms with Crippen LogP contribution < -0.4 is 0 Å². The molecule has 3 heteroatoms. The summed E-state index contributed by atoms with van der Waals surface area (Å²) in [5.74, 6) is 0.580. The van der Waals surface area contributed by atoms with Crippen LogP contribution in [0.5, 0.6) is 0 Å². The normalized spacial score (nSPS) is 13.8. The largest absolute Gasteiger partial charge is 0.501 e. The first-order chi connectivity index (χ1) is 5.65. The van der Waals surface area contributed by atoms with E-state index in [-0.39, 0.29) is 0 Å². The van der Waals surface area contributed by atoms with Gasteiger partial charge in [0.15, 0.2) is 6.29 Å². The predicted molar refractivity (Wildman–Crippen MR) is 50.0 cm³/mol. The number of hydrogen-bond acceptors (Lipinski definition) is 2. The Morgan fingerprint density at radius 1 is 1.58 bits per heavy atom. The van der Waals surface area contributed by atoms with Crippen LogP contribution in [0.15, 0.2) is 22.4 Å². The van der Waals surface area contributed by atoms with Crippen molar-refractivity contribution in [2.45, 2.75) is 20.3 Å². The molecule has 0 aromatic heterocycles. The monoisotopic (exact) mass is 188 g/mol. The highest BCUT2D eigenvalue weighted by Crippen LogP contribution is 2.12. The second-order valence-electron chi connectivity index (χ2n) is 2.28. The average molecular weight is 189 g/mol. The van der Waals surface area contributed by atoms with Crippen LogP contribution in [0.4, 0.5) is 0 Å². The standard InChI is InChI=1S/C9H13ClO2/c1-4-9(10)5-8(6-11)7(2)12-3/h5-6H,4H2,1-3H3/b8-7-,9-5+. The summed E-state index contributed by atoms with van der Waals surface area (Å²) in [7, 11) is 1.52. The van der Waals surface area contributed by atoms with E-state index in [0.29, 0.717) is 16.4 Å². The zero-order chi connectivity index (χ0) is 9.56. The molecule has 0 unspecified atom stereocenters. The van der Waals surface area contributed by atoms with E-state index in [0.717, 1.165) is 12.7 Å². The van der Waals surface area contributed by atoms with Crippen LogP contribution in [0.25, 0.3) is 0 Å². The van der Waals surface area contributed by atoms with Crippen molar-refractivity contribution in [2.75, 3.05) is 7.11 Å². The maximum Gasteiger partial charge on any atom is 0.153 e. The molecule has 68 valence electrons. The second kappa shape index (κ2) is 5.84. The van der Waals surface area contributed by atoms with E-state index in [1.54, 1.807) is 13.0 Å². The molecule has 0 saturated heterocycles. The molecule has 0 rings (SSSR count). The van der Waals surface area contributed by atoms with Gasteiger partial charge in [-0.1, -0.05) is 18.5 Å². The molecule has 0 aromatic carbocycles. The van der Waals surface area contributed by atoms with Gasteiger partial charge >= 0.3 is 0 Å². The minimum atomic E-state index is 0.490. The minimum absolute atomic E-state index is 0.490. The Bertz CT molecular complexity index is 217. The van der Waals surface area contributed by atoms with Crippen LogP contribution in [-0.4, -0.2) is 13.4 Å². The number of methoxy groups -OCH3 is 1. The third kappa shape index (κ3) is 3.58. The van der Waals surface area contributed by atoms with Gasteiger partial charge < -0.3 is 4.74 Å². The van der Waals surface area contributed by atoms with Gasteiger partial charge in [-0.15, -0.1) is 0 Å². The van der Waals surface area contributed by atoms with Crippen LogP contribution in [0, 0.1) is 0 Å². The van der Waals surface area contributed by atoms with E-state index < -0.39 is 0 Å². The smallest absolute Gasteiger partial charge is 0.153 e. The topological polar surface area (TPSA) is 26.3 Å². The first-order valence-electron chi connectivity index (χ1n) is 3.71.